The van der Waals surface area contributed by atoms with Crippen molar-refractivity contribution in [3.63, 3.8) is 0 Å². The number of nitrogens with zero attached hydrogens (tertiary/aromatic N) is 1. The first-order valence-corrected chi connectivity index (χ1v) is 5.41. The van der Waals surface area contributed by atoms with Crippen molar-refractivity contribution in [3.8, 4) is 0 Å². The molecule has 0 aromatic heterocycles. The van der Waals surface area contributed by atoms with E-state index in [1.165, 1.54) is 5.56 Å². The molecule has 0 aliphatic heterocycles. The molecular formula is C13H19N3. The summed E-state index contributed by atoms with van der Waals surface area (Å²) in [5.74, 6) is 0.788. The summed E-state index contributed by atoms with van der Waals surface area (Å²) in [7, 11) is 1.76. The maximum Gasteiger partial charge on any atom is 0.191 e. The van der Waals surface area contributed by atoms with E-state index in [9.17, 15) is 0 Å². The van der Waals surface area contributed by atoms with Crippen molar-refractivity contribution < 1.29 is 0 Å². The van der Waals surface area contributed by atoms with Gasteiger partial charge >= 0.3 is 0 Å². The first-order valence-electron chi connectivity index (χ1n) is 5.41. The number of aliphatic imine (C=N–C) groups is 1. The van der Waals surface area contributed by atoms with Gasteiger partial charge in [-0.25, -0.2) is 0 Å². The third-order valence-corrected chi connectivity index (χ3v) is 2.29. The van der Waals surface area contributed by atoms with Gasteiger partial charge < -0.3 is 10.6 Å². The molecule has 0 aliphatic carbocycles. The highest BCUT2D eigenvalue weighted by molar-refractivity contribution is 5.80. The van der Waals surface area contributed by atoms with Crippen LogP contribution in [0.1, 0.15) is 18.5 Å². The van der Waals surface area contributed by atoms with Gasteiger partial charge in [0.25, 0.3) is 0 Å². The van der Waals surface area contributed by atoms with Crippen LogP contribution in [-0.4, -0.2) is 19.6 Å². The second kappa shape index (κ2) is 6.67. The predicted octanol–water partition coefficient (Wildman–Crippen LogP) is 2.10. The minimum atomic E-state index is 0.234. The van der Waals surface area contributed by atoms with Gasteiger partial charge in [0.1, 0.15) is 0 Å². The van der Waals surface area contributed by atoms with Crippen molar-refractivity contribution in [1.29, 1.82) is 0 Å². The lowest BCUT2D eigenvalue weighted by molar-refractivity contribution is 0.694. The van der Waals surface area contributed by atoms with Crippen molar-refractivity contribution in [1.82, 2.24) is 10.6 Å². The maximum absolute atomic E-state index is 4.14. The van der Waals surface area contributed by atoms with Crippen LogP contribution in [0.3, 0.4) is 0 Å². The number of hydrogen-bond acceptors (Lipinski definition) is 1. The zero-order valence-corrected chi connectivity index (χ0v) is 9.90. The number of rotatable bonds is 4. The first kappa shape index (κ1) is 12.3. The largest absolute Gasteiger partial charge is 0.353 e. The molecule has 1 aromatic rings. The van der Waals surface area contributed by atoms with Gasteiger partial charge in [-0.2, -0.15) is 0 Å². The molecule has 86 valence electrons. The Kier molecular flexibility index (Phi) is 5.12. The van der Waals surface area contributed by atoms with Crippen LogP contribution in [0.5, 0.6) is 0 Å². The molecule has 0 bridgehead atoms. The Morgan fingerprint density at radius 2 is 2.12 bits per heavy atom. The Morgan fingerprint density at radius 3 is 2.69 bits per heavy atom. The average Bonchev–Trinajstić information content (AvgIpc) is 2.35. The van der Waals surface area contributed by atoms with Crippen LogP contribution >= 0.6 is 0 Å². The summed E-state index contributed by atoms with van der Waals surface area (Å²) in [5.41, 5.74) is 1.24. The highest BCUT2D eigenvalue weighted by atomic mass is 15.2. The molecule has 0 radical (unpaired) electrons. The SMILES string of the molecule is C=CCNC(=NC)NC(C)c1ccccc1. The van der Waals surface area contributed by atoms with E-state index < -0.39 is 0 Å². The molecule has 1 atom stereocenters. The van der Waals surface area contributed by atoms with Crippen molar-refractivity contribution in [2.45, 2.75) is 13.0 Å². The van der Waals surface area contributed by atoms with E-state index in [4.69, 9.17) is 0 Å². The topological polar surface area (TPSA) is 36.4 Å². The van der Waals surface area contributed by atoms with Gasteiger partial charge in [0, 0.05) is 13.6 Å². The normalized spacial score (nSPS) is 13.0. The fraction of sp³-hybridized carbons (Fsp3) is 0.308. The zero-order chi connectivity index (χ0) is 11.8. The van der Waals surface area contributed by atoms with E-state index in [0.29, 0.717) is 6.54 Å². The van der Waals surface area contributed by atoms with Crippen LogP contribution in [0, 0.1) is 0 Å². The maximum atomic E-state index is 4.14. The lowest BCUT2D eigenvalue weighted by Gasteiger charge is -2.17. The van der Waals surface area contributed by atoms with Crippen LogP contribution in [0.4, 0.5) is 0 Å². The standard InChI is InChI=1S/C13H19N3/c1-4-10-15-13(14-3)16-11(2)12-8-6-5-7-9-12/h4-9,11H,1,10H2,2-3H3,(H2,14,15,16). The van der Waals surface area contributed by atoms with Gasteiger partial charge in [-0.3, -0.25) is 4.99 Å². The highest BCUT2D eigenvalue weighted by Gasteiger charge is 2.05. The number of guanidine groups is 1. The molecule has 0 spiro atoms. The summed E-state index contributed by atoms with van der Waals surface area (Å²) in [6.45, 7) is 6.48. The summed E-state index contributed by atoms with van der Waals surface area (Å²) in [5, 5.41) is 6.45. The zero-order valence-electron chi connectivity index (χ0n) is 9.90. The van der Waals surface area contributed by atoms with Crippen molar-refractivity contribution in [3.05, 3.63) is 48.6 Å². The van der Waals surface area contributed by atoms with Crippen LogP contribution in [0.2, 0.25) is 0 Å². The number of benzene rings is 1. The van der Waals surface area contributed by atoms with E-state index in [1.807, 2.05) is 18.2 Å². The summed E-state index contributed by atoms with van der Waals surface area (Å²) in [6.07, 6.45) is 1.81. The van der Waals surface area contributed by atoms with Crippen molar-refractivity contribution >= 4 is 5.96 Å². The van der Waals surface area contributed by atoms with Gasteiger partial charge in [0.2, 0.25) is 0 Å². The second-order valence-corrected chi connectivity index (χ2v) is 3.52. The Bertz CT molecular complexity index is 343. The average molecular weight is 217 g/mol. The lowest BCUT2D eigenvalue weighted by atomic mass is 10.1. The number of nitrogens with one attached hydrogen (secondary N) is 2. The summed E-state index contributed by atoms with van der Waals surface area (Å²) < 4.78 is 0. The van der Waals surface area contributed by atoms with Crippen LogP contribution in [0.25, 0.3) is 0 Å². The van der Waals surface area contributed by atoms with Gasteiger partial charge in [-0.05, 0) is 12.5 Å². The molecular weight excluding hydrogens is 198 g/mol. The van der Waals surface area contributed by atoms with E-state index in [2.05, 4.69) is 41.3 Å². The quantitative estimate of drug-likeness (QED) is 0.460. The summed E-state index contributed by atoms with van der Waals surface area (Å²) in [6, 6.07) is 10.5. The van der Waals surface area contributed by atoms with E-state index in [1.54, 1.807) is 13.1 Å². The van der Waals surface area contributed by atoms with E-state index in [0.717, 1.165) is 5.96 Å². The van der Waals surface area contributed by atoms with Crippen LogP contribution in [-0.2, 0) is 0 Å². The summed E-state index contributed by atoms with van der Waals surface area (Å²) >= 11 is 0. The second-order valence-electron chi connectivity index (χ2n) is 3.52. The molecule has 0 saturated carbocycles. The van der Waals surface area contributed by atoms with Crippen LogP contribution in [0.15, 0.2) is 48.0 Å². The molecule has 1 rings (SSSR count). The van der Waals surface area contributed by atoms with Crippen molar-refractivity contribution in [2.75, 3.05) is 13.6 Å². The molecule has 1 unspecified atom stereocenters. The van der Waals surface area contributed by atoms with Gasteiger partial charge in [0.05, 0.1) is 6.04 Å². The summed E-state index contributed by atoms with van der Waals surface area (Å²) in [4.78, 5) is 4.14. The molecule has 2 N–H and O–H groups in total. The Hall–Kier alpha value is -1.77. The Balaban J connectivity index is 2.56. The minimum absolute atomic E-state index is 0.234. The third kappa shape index (κ3) is 3.77. The smallest absolute Gasteiger partial charge is 0.191 e. The van der Waals surface area contributed by atoms with Gasteiger partial charge in [-0.15, -0.1) is 6.58 Å². The minimum Gasteiger partial charge on any atom is -0.353 e. The molecule has 0 fully saturated rings. The van der Waals surface area contributed by atoms with Gasteiger partial charge in [0.15, 0.2) is 5.96 Å². The molecule has 3 heteroatoms. The van der Waals surface area contributed by atoms with E-state index >= 15 is 0 Å². The molecule has 0 amide bonds. The molecule has 0 aliphatic rings. The number of hydrogen-bond donors (Lipinski definition) is 2. The highest BCUT2D eigenvalue weighted by Crippen LogP contribution is 2.10. The fourth-order valence-electron chi connectivity index (χ4n) is 1.39. The third-order valence-electron chi connectivity index (χ3n) is 2.29. The molecule has 3 nitrogen and oxygen atoms in total. The Labute approximate surface area is 97.3 Å². The first-order chi connectivity index (χ1) is 7.77. The molecule has 0 saturated heterocycles. The van der Waals surface area contributed by atoms with Crippen LogP contribution < -0.4 is 10.6 Å². The lowest BCUT2D eigenvalue weighted by Crippen LogP contribution is -2.38. The van der Waals surface area contributed by atoms with E-state index in [-0.39, 0.29) is 6.04 Å². The Morgan fingerprint density at radius 1 is 1.44 bits per heavy atom. The molecule has 0 heterocycles. The predicted molar refractivity (Wildman–Crippen MR) is 69.6 cm³/mol. The molecule has 1 aromatic carbocycles. The molecule has 16 heavy (non-hydrogen) atoms. The fourth-order valence-corrected chi connectivity index (χ4v) is 1.39. The monoisotopic (exact) mass is 217 g/mol. The van der Waals surface area contributed by atoms with Crippen molar-refractivity contribution in [2.24, 2.45) is 4.99 Å². The van der Waals surface area contributed by atoms with Gasteiger partial charge in [-0.1, -0.05) is 36.4 Å².